The molecule has 1 saturated heterocycles. The number of amides is 2. The summed E-state index contributed by atoms with van der Waals surface area (Å²) in [7, 11) is 0. The summed E-state index contributed by atoms with van der Waals surface area (Å²) in [5.41, 5.74) is 1.66. The van der Waals surface area contributed by atoms with Gasteiger partial charge in [0, 0.05) is 38.4 Å². The molecule has 0 saturated carbocycles. The zero-order valence-corrected chi connectivity index (χ0v) is 18.3. The van der Waals surface area contributed by atoms with Gasteiger partial charge in [-0.05, 0) is 24.3 Å². The first-order chi connectivity index (χ1) is 14.3. The molecule has 2 amide bonds. The van der Waals surface area contributed by atoms with Gasteiger partial charge in [-0.15, -0.1) is 0 Å². The van der Waals surface area contributed by atoms with Crippen LogP contribution in [0.5, 0.6) is 0 Å². The molecule has 1 aliphatic heterocycles. The van der Waals surface area contributed by atoms with Gasteiger partial charge in [-0.25, -0.2) is 9.97 Å². The Labute approximate surface area is 177 Å². The number of anilines is 1. The predicted octanol–water partition coefficient (Wildman–Crippen LogP) is 2.59. The minimum absolute atomic E-state index is 0.0309. The number of fused-ring (bicyclic) bond motifs is 1. The van der Waals surface area contributed by atoms with Crippen molar-refractivity contribution in [3.8, 4) is 0 Å². The Kier molecular flexibility index (Phi) is 6.74. The fourth-order valence-corrected chi connectivity index (χ4v) is 3.82. The number of carbonyl (C=O) groups is 2. The first kappa shape index (κ1) is 21.8. The average Bonchev–Trinajstić information content (AvgIpc) is 3.14. The van der Waals surface area contributed by atoms with Gasteiger partial charge >= 0.3 is 0 Å². The van der Waals surface area contributed by atoms with Crippen LogP contribution in [0.4, 0.5) is 5.82 Å². The van der Waals surface area contributed by atoms with Crippen molar-refractivity contribution < 1.29 is 9.59 Å². The fourth-order valence-electron chi connectivity index (χ4n) is 3.82. The third-order valence-electron chi connectivity index (χ3n) is 5.29. The molecule has 1 atom stereocenters. The number of H-pyrrole nitrogens is 1. The van der Waals surface area contributed by atoms with Crippen LogP contribution in [0.25, 0.3) is 11.2 Å². The molecule has 3 rings (SSSR count). The lowest BCUT2D eigenvalue weighted by atomic mass is 10.00. The van der Waals surface area contributed by atoms with Gasteiger partial charge in [-0.1, -0.05) is 34.3 Å². The maximum atomic E-state index is 12.6. The molecule has 0 radical (unpaired) electrons. The number of aromatic nitrogens is 3. The van der Waals surface area contributed by atoms with Crippen LogP contribution >= 0.6 is 0 Å². The van der Waals surface area contributed by atoms with E-state index in [1.165, 1.54) is 6.08 Å². The quantitative estimate of drug-likeness (QED) is 0.682. The third-order valence-corrected chi connectivity index (χ3v) is 5.29. The summed E-state index contributed by atoms with van der Waals surface area (Å²) in [6.07, 6.45) is 5.67. The lowest BCUT2D eigenvalue weighted by Gasteiger charge is -2.42. The molecule has 0 unspecified atom stereocenters. The summed E-state index contributed by atoms with van der Waals surface area (Å²) in [5.74, 6) is 1.37. The molecule has 2 aromatic heterocycles. The monoisotopic (exact) mass is 412 g/mol. The maximum absolute atomic E-state index is 12.6. The van der Waals surface area contributed by atoms with Gasteiger partial charge in [0.05, 0.1) is 11.8 Å². The third kappa shape index (κ3) is 4.80. The highest BCUT2D eigenvalue weighted by molar-refractivity contribution is 6.04. The highest BCUT2D eigenvalue weighted by atomic mass is 16.2. The van der Waals surface area contributed by atoms with Crippen molar-refractivity contribution in [2.24, 2.45) is 11.8 Å². The van der Waals surface area contributed by atoms with E-state index in [1.807, 2.05) is 4.90 Å². The van der Waals surface area contributed by atoms with Gasteiger partial charge < -0.3 is 20.1 Å². The van der Waals surface area contributed by atoms with Crippen molar-refractivity contribution in [3.63, 3.8) is 0 Å². The summed E-state index contributed by atoms with van der Waals surface area (Å²) in [6.45, 7) is 14.6. The van der Waals surface area contributed by atoms with E-state index in [0.29, 0.717) is 54.7 Å². The van der Waals surface area contributed by atoms with Crippen molar-refractivity contribution in [3.05, 3.63) is 30.6 Å². The SMILES string of the molecule is C=CC(=O)N1CCN(c2cnc3[nH]cc(C(=O)NCC(C)C)c3n2)C[C@@H]1CC(C)C. The number of rotatable bonds is 7. The van der Waals surface area contributed by atoms with Crippen molar-refractivity contribution in [2.75, 3.05) is 31.1 Å². The largest absolute Gasteiger partial charge is 0.352 e. The molecule has 0 aromatic carbocycles. The zero-order chi connectivity index (χ0) is 21.8. The van der Waals surface area contributed by atoms with Gasteiger partial charge in [0.25, 0.3) is 5.91 Å². The molecular formula is C22H32N6O2. The molecule has 0 aliphatic carbocycles. The number of hydrogen-bond acceptors (Lipinski definition) is 5. The first-order valence-electron chi connectivity index (χ1n) is 10.6. The van der Waals surface area contributed by atoms with Gasteiger partial charge in [-0.2, -0.15) is 0 Å². The van der Waals surface area contributed by atoms with Crippen LogP contribution in [-0.2, 0) is 4.79 Å². The Morgan fingerprint density at radius 3 is 2.73 bits per heavy atom. The number of aromatic amines is 1. The van der Waals surface area contributed by atoms with E-state index in [4.69, 9.17) is 4.98 Å². The van der Waals surface area contributed by atoms with Crippen LogP contribution in [0.1, 0.15) is 44.5 Å². The van der Waals surface area contributed by atoms with Crippen molar-refractivity contribution >= 4 is 28.8 Å². The van der Waals surface area contributed by atoms with Crippen LogP contribution in [0.2, 0.25) is 0 Å². The van der Waals surface area contributed by atoms with E-state index < -0.39 is 0 Å². The second kappa shape index (κ2) is 9.28. The zero-order valence-electron chi connectivity index (χ0n) is 18.3. The lowest BCUT2D eigenvalue weighted by Crippen LogP contribution is -2.55. The van der Waals surface area contributed by atoms with Crippen LogP contribution in [0.3, 0.4) is 0 Å². The van der Waals surface area contributed by atoms with E-state index in [0.717, 1.165) is 12.2 Å². The molecule has 8 heteroatoms. The smallest absolute Gasteiger partial charge is 0.255 e. The standard InChI is InChI=1S/C22H32N6O2/c1-6-19(29)28-8-7-27(13-16(28)9-14(2)3)18-12-24-21-20(26-18)17(11-23-21)22(30)25-10-15(4)5/h6,11-12,14-16H,1,7-10,13H2,2-5H3,(H,23,24)(H,25,30)/t16-/m0/s1. The summed E-state index contributed by atoms with van der Waals surface area (Å²) >= 11 is 0. The Balaban J connectivity index is 1.83. The summed E-state index contributed by atoms with van der Waals surface area (Å²) in [6, 6.07) is 0.0850. The molecule has 2 aromatic rings. The van der Waals surface area contributed by atoms with E-state index in [1.54, 1.807) is 12.4 Å². The molecule has 8 nitrogen and oxygen atoms in total. The fraction of sp³-hybridized carbons (Fsp3) is 0.545. The van der Waals surface area contributed by atoms with Crippen molar-refractivity contribution in [1.29, 1.82) is 0 Å². The molecule has 30 heavy (non-hydrogen) atoms. The second-order valence-corrected chi connectivity index (χ2v) is 8.70. The van der Waals surface area contributed by atoms with E-state index in [9.17, 15) is 9.59 Å². The van der Waals surface area contributed by atoms with Gasteiger partial charge in [-0.3, -0.25) is 9.59 Å². The summed E-state index contributed by atoms with van der Waals surface area (Å²) < 4.78 is 0. The number of piperazine rings is 1. The highest BCUT2D eigenvalue weighted by Gasteiger charge is 2.30. The second-order valence-electron chi connectivity index (χ2n) is 8.70. The number of carbonyl (C=O) groups excluding carboxylic acids is 2. The summed E-state index contributed by atoms with van der Waals surface area (Å²) in [4.78, 5) is 41.2. The Hall–Kier alpha value is -2.90. The molecule has 1 aliphatic rings. The molecule has 3 heterocycles. The van der Waals surface area contributed by atoms with Gasteiger partial charge in [0.1, 0.15) is 11.3 Å². The maximum Gasteiger partial charge on any atom is 0.255 e. The first-order valence-corrected chi connectivity index (χ1v) is 10.6. The minimum atomic E-state index is -0.152. The topological polar surface area (TPSA) is 94.2 Å². The number of nitrogens with one attached hydrogen (secondary N) is 2. The molecule has 0 bridgehead atoms. The normalized spacial score (nSPS) is 17.1. The van der Waals surface area contributed by atoms with Gasteiger partial charge in [0.15, 0.2) is 5.65 Å². The van der Waals surface area contributed by atoms with E-state index in [-0.39, 0.29) is 17.9 Å². The minimum Gasteiger partial charge on any atom is -0.352 e. The van der Waals surface area contributed by atoms with E-state index in [2.05, 4.69) is 54.5 Å². The predicted molar refractivity (Wildman–Crippen MR) is 118 cm³/mol. The van der Waals surface area contributed by atoms with Crippen molar-refractivity contribution in [2.45, 2.75) is 40.2 Å². The van der Waals surface area contributed by atoms with Crippen LogP contribution in [0, 0.1) is 11.8 Å². The Bertz CT molecular complexity index is 919. The molecule has 2 N–H and O–H groups in total. The van der Waals surface area contributed by atoms with Gasteiger partial charge in [0.2, 0.25) is 5.91 Å². The number of hydrogen-bond donors (Lipinski definition) is 2. The highest BCUT2D eigenvalue weighted by Crippen LogP contribution is 2.24. The van der Waals surface area contributed by atoms with Crippen molar-refractivity contribution in [1.82, 2.24) is 25.2 Å². The molecule has 0 spiro atoms. The average molecular weight is 413 g/mol. The van der Waals surface area contributed by atoms with Crippen LogP contribution in [0.15, 0.2) is 25.0 Å². The van der Waals surface area contributed by atoms with Crippen LogP contribution < -0.4 is 10.2 Å². The molecule has 1 fully saturated rings. The lowest BCUT2D eigenvalue weighted by molar-refractivity contribution is -0.129. The number of nitrogens with zero attached hydrogens (tertiary/aromatic N) is 4. The Morgan fingerprint density at radius 2 is 2.07 bits per heavy atom. The van der Waals surface area contributed by atoms with Crippen LogP contribution in [-0.4, -0.2) is 63.9 Å². The summed E-state index contributed by atoms with van der Waals surface area (Å²) in [5, 5.41) is 2.94. The molecular weight excluding hydrogens is 380 g/mol. The Morgan fingerprint density at radius 1 is 1.30 bits per heavy atom. The molecule has 162 valence electrons. The van der Waals surface area contributed by atoms with E-state index >= 15 is 0 Å².